The molecule has 1 amide bonds. The van der Waals surface area contributed by atoms with Crippen LogP contribution in [0.3, 0.4) is 0 Å². The first-order valence-corrected chi connectivity index (χ1v) is 9.98. The van der Waals surface area contributed by atoms with Crippen molar-refractivity contribution in [2.45, 2.75) is 17.9 Å². The zero-order chi connectivity index (χ0) is 19.4. The van der Waals surface area contributed by atoms with E-state index in [1.54, 1.807) is 18.2 Å². The Balaban J connectivity index is 1.70. The number of benzene rings is 3. The molecule has 0 aliphatic heterocycles. The number of fused-ring (bicyclic) bond motifs is 1. The highest BCUT2D eigenvalue weighted by atomic mass is 32.2. The van der Waals surface area contributed by atoms with Gasteiger partial charge in [0.2, 0.25) is 15.9 Å². The molecule has 3 rings (SSSR count). The van der Waals surface area contributed by atoms with Crippen LogP contribution in [0.1, 0.15) is 24.1 Å². The Morgan fingerprint density at radius 1 is 1.00 bits per heavy atom. The van der Waals surface area contributed by atoms with Crippen molar-refractivity contribution in [3.63, 3.8) is 0 Å². The number of nitrogens with two attached hydrogens (primary N) is 1. The summed E-state index contributed by atoms with van der Waals surface area (Å²) in [5.41, 5.74) is 1.75. The molecule has 0 radical (unpaired) electrons. The number of nitrogens with one attached hydrogen (secondary N) is 1. The maximum absolute atomic E-state index is 12.2. The Kier molecular flexibility index (Phi) is 5.39. The van der Waals surface area contributed by atoms with E-state index in [4.69, 9.17) is 5.14 Å². The van der Waals surface area contributed by atoms with Gasteiger partial charge in [-0.05, 0) is 47.0 Å². The highest BCUT2D eigenvalue weighted by molar-refractivity contribution is 7.89. The molecule has 6 heteroatoms. The van der Waals surface area contributed by atoms with Crippen molar-refractivity contribution >= 4 is 32.8 Å². The Bertz CT molecular complexity index is 1100. The maximum Gasteiger partial charge on any atom is 0.244 e. The van der Waals surface area contributed by atoms with Gasteiger partial charge in [-0.3, -0.25) is 4.79 Å². The number of rotatable bonds is 5. The number of hydrogen-bond acceptors (Lipinski definition) is 3. The molecule has 0 heterocycles. The molecule has 0 fully saturated rings. The van der Waals surface area contributed by atoms with Gasteiger partial charge in [-0.15, -0.1) is 0 Å². The van der Waals surface area contributed by atoms with Crippen molar-refractivity contribution in [2.24, 2.45) is 5.14 Å². The topological polar surface area (TPSA) is 89.3 Å². The van der Waals surface area contributed by atoms with Crippen LogP contribution >= 0.6 is 0 Å². The standard InChI is InChI=1S/C21H20N2O3S/c1-15(16-9-12-19(13-10-16)27(22,25)26)23-21(24)14-11-18-7-4-6-17-5-2-3-8-20(17)18/h2-15H,1H3,(H,23,24)(H2,22,25,26)/b14-11+. The van der Waals surface area contributed by atoms with Crippen molar-refractivity contribution in [1.29, 1.82) is 0 Å². The van der Waals surface area contributed by atoms with E-state index in [-0.39, 0.29) is 16.8 Å². The third-order valence-corrected chi connectivity index (χ3v) is 5.23. The predicted octanol–water partition coefficient (Wildman–Crippen LogP) is 3.38. The zero-order valence-electron chi connectivity index (χ0n) is 14.8. The summed E-state index contributed by atoms with van der Waals surface area (Å²) in [4.78, 5) is 12.3. The lowest BCUT2D eigenvalue weighted by Crippen LogP contribution is -2.24. The van der Waals surface area contributed by atoms with Crippen LogP contribution in [0.2, 0.25) is 0 Å². The minimum Gasteiger partial charge on any atom is -0.346 e. The average Bonchev–Trinajstić information content (AvgIpc) is 2.65. The second-order valence-electron chi connectivity index (χ2n) is 6.25. The second-order valence-corrected chi connectivity index (χ2v) is 7.81. The molecule has 138 valence electrons. The molecular weight excluding hydrogens is 360 g/mol. The van der Waals surface area contributed by atoms with Crippen LogP contribution < -0.4 is 10.5 Å². The van der Waals surface area contributed by atoms with E-state index in [0.29, 0.717) is 0 Å². The number of carbonyl (C=O) groups excluding carboxylic acids is 1. The van der Waals surface area contributed by atoms with Gasteiger partial charge in [0.25, 0.3) is 0 Å². The SMILES string of the molecule is CC(NC(=O)/C=C/c1cccc2ccccc12)c1ccc(S(N)(=O)=O)cc1. The lowest BCUT2D eigenvalue weighted by Gasteiger charge is -2.13. The van der Waals surface area contributed by atoms with Crippen molar-refractivity contribution in [3.8, 4) is 0 Å². The molecule has 0 aromatic heterocycles. The fourth-order valence-electron chi connectivity index (χ4n) is 2.85. The van der Waals surface area contributed by atoms with E-state index in [1.807, 2.05) is 49.4 Å². The van der Waals surface area contributed by atoms with Gasteiger partial charge in [-0.2, -0.15) is 0 Å². The van der Waals surface area contributed by atoms with Gasteiger partial charge in [-0.1, -0.05) is 54.6 Å². The molecule has 3 aromatic carbocycles. The molecule has 1 unspecified atom stereocenters. The third kappa shape index (κ3) is 4.61. The van der Waals surface area contributed by atoms with Gasteiger partial charge >= 0.3 is 0 Å². The van der Waals surface area contributed by atoms with Crippen LogP contribution in [0.4, 0.5) is 0 Å². The number of hydrogen-bond donors (Lipinski definition) is 2. The van der Waals surface area contributed by atoms with Crippen LogP contribution in [0.25, 0.3) is 16.8 Å². The zero-order valence-corrected chi connectivity index (χ0v) is 15.6. The number of amides is 1. The van der Waals surface area contributed by atoms with E-state index in [0.717, 1.165) is 21.9 Å². The van der Waals surface area contributed by atoms with Gasteiger partial charge in [0, 0.05) is 6.08 Å². The highest BCUT2D eigenvalue weighted by Gasteiger charge is 2.11. The fraction of sp³-hybridized carbons (Fsp3) is 0.0952. The minimum absolute atomic E-state index is 0.0422. The number of sulfonamides is 1. The summed E-state index contributed by atoms with van der Waals surface area (Å²) >= 11 is 0. The number of carbonyl (C=O) groups is 1. The van der Waals surface area contributed by atoms with Crippen LogP contribution in [0, 0.1) is 0 Å². The molecule has 0 aliphatic rings. The molecule has 0 bridgehead atoms. The number of primary sulfonamides is 1. The molecule has 3 aromatic rings. The van der Waals surface area contributed by atoms with Crippen molar-refractivity contribution in [3.05, 3.63) is 83.9 Å². The first kappa shape index (κ1) is 18.8. The summed E-state index contributed by atoms with van der Waals surface area (Å²) in [6.45, 7) is 1.83. The first-order valence-electron chi connectivity index (χ1n) is 8.44. The first-order chi connectivity index (χ1) is 12.8. The van der Waals surface area contributed by atoms with Crippen molar-refractivity contribution in [2.75, 3.05) is 0 Å². The molecule has 27 heavy (non-hydrogen) atoms. The fourth-order valence-corrected chi connectivity index (χ4v) is 3.37. The molecule has 3 N–H and O–H groups in total. The predicted molar refractivity (Wildman–Crippen MR) is 107 cm³/mol. The van der Waals surface area contributed by atoms with Gasteiger partial charge in [0.05, 0.1) is 10.9 Å². The minimum atomic E-state index is -3.72. The van der Waals surface area contributed by atoms with Crippen LogP contribution in [-0.2, 0) is 14.8 Å². The Morgan fingerprint density at radius 3 is 2.37 bits per heavy atom. The maximum atomic E-state index is 12.2. The summed E-state index contributed by atoms with van der Waals surface area (Å²) in [5.74, 6) is -0.231. The molecule has 0 aliphatic carbocycles. The van der Waals surface area contributed by atoms with Crippen molar-refractivity contribution in [1.82, 2.24) is 5.32 Å². The van der Waals surface area contributed by atoms with Crippen LogP contribution in [0.5, 0.6) is 0 Å². The molecule has 5 nitrogen and oxygen atoms in total. The third-order valence-electron chi connectivity index (χ3n) is 4.31. The highest BCUT2D eigenvalue weighted by Crippen LogP contribution is 2.20. The smallest absolute Gasteiger partial charge is 0.244 e. The van der Waals surface area contributed by atoms with Gasteiger partial charge in [0.15, 0.2) is 0 Å². The summed E-state index contributed by atoms with van der Waals surface area (Å²) < 4.78 is 22.6. The quantitative estimate of drug-likeness (QED) is 0.665. The van der Waals surface area contributed by atoms with E-state index >= 15 is 0 Å². The Hall–Kier alpha value is -2.96. The summed E-state index contributed by atoms with van der Waals surface area (Å²) in [6, 6.07) is 19.8. The average molecular weight is 380 g/mol. The normalized spacial score (nSPS) is 13.0. The lowest BCUT2D eigenvalue weighted by molar-refractivity contribution is -0.117. The molecule has 0 spiro atoms. The van der Waals surface area contributed by atoms with Gasteiger partial charge in [0.1, 0.15) is 0 Å². The summed E-state index contributed by atoms with van der Waals surface area (Å²) in [5, 5.41) is 10.2. The molecule has 0 saturated heterocycles. The molecule has 1 atom stereocenters. The van der Waals surface area contributed by atoms with Crippen LogP contribution in [-0.4, -0.2) is 14.3 Å². The van der Waals surface area contributed by atoms with Crippen LogP contribution in [0.15, 0.2) is 77.7 Å². The Morgan fingerprint density at radius 2 is 1.67 bits per heavy atom. The summed E-state index contributed by atoms with van der Waals surface area (Å²) in [7, 11) is -3.72. The van der Waals surface area contributed by atoms with Crippen molar-refractivity contribution < 1.29 is 13.2 Å². The Labute approximate surface area is 158 Å². The second kappa shape index (κ2) is 7.73. The van der Waals surface area contributed by atoms with E-state index in [9.17, 15) is 13.2 Å². The monoisotopic (exact) mass is 380 g/mol. The molecule has 0 saturated carbocycles. The van der Waals surface area contributed by atoms with Gasteiger partial charge in [-0.25, -0.2) is 13.6 Å². The van der Waals surface area contributed by atoms with E-state index in [1.165, 1.54) is 18.2 Å². The van der Waals surface area contributed by atoms with E-state index in [2.05, 4.69) is 5.32 Å². The molecular formula is C21H20N2O3S. The summed E-state index contributed by atoms with van der Waals surface area (Å²) in [6.07, 6.45) is 3.28. The van der Waals surface area contributed by atoms with Gasteiger partial charge < -0.3 is 5.32 Å². The lowest BCUT2D eigenvalue weighted by atomic mass is 10.0. The largest absolute Gasteiger partial charge is 0.346 e. The van der Waals surface area contributed by atoms with E-state index < -0.39 is 10.0 Å².